The van der Waals surface area contributed by atoms with Gasteiger partial charge in [0.1, 0.15) is 17.5 Å². The Labute approximate surface area is 154 Å². The van der Waals surface area contributed by atoms with Crippen LogP contribution in [-0.2, 0) is 12.8 Å². The number of hydrogen-bond donors (Lipinski definition) is 1. The van der Waals surface area contributed by atoms with Crippen LogP contribution in [0.5, 0.6) is 0 Å². The summed E-state index contributed by atoms with van der Waals surface area (Å²) in [5.41, 5.74) is 3.97. The first kappa shape index (κ1) is 16.6. The fourth-order valence-corrected chi connectivity index (χ4v) is 3.66. The monoisotopic (exact) mass is 344 g/mol. The summed E-state index contributed by atoms with van der Waals surface area (Å²) in [5.74, 6) is 2.65. The number of nitrogens with zero attached hydrogens (tertiary/aromatic N) is 3. The highest BCUT2D eigenvalue weighted by atomic mass is 15.2. The summed E-state index contributed by atoms with van der Waals surface area (Å²) in [4.78, 5) is 11.6. The van der Waals surface area contributed by atoms with Gasteiger partial charge in [-0.3, -0.25) is 0 Å². The minimum absolute atomic E-state index is 0.402. The number of benzene rings is 2. The lowest BCUT2D eigenvalue weighted by Gasteiger charge is -2.24. The Kier molecular flexibility index (Phi) is 4.57. The van der Waals surface area contributed by atoms with Gasteiger partial charge in [-0.1, -0.05) is 48.5 Å². The molecular weight excluding hydrogens is 320 g/mol. The molecule has 1 aliphatic rings. The molecule has 0 radical (unpaired) electrons. The molecule has 2 heterocycles. The highest BCUT2D eigenvalue weighted by Gasteiger charge is 2.28. The molecule has 4 heteroatoms. The van der Waals surface area contributed by atoms with Gasteiger partial charge < -0.3 is 10.2 Å². The lowest BCUT2D eigenvalue weighted by atomic mass is 10.1. The second-order valence-corrected chi connectivity index (χ2v) is 6.87. The van der Waals surface area contributed by atoms with E-state index in [1.165, 1.54) is 16.8 Å². The molecule has 132 valence electrons. The van der Waals surface area contributed by atoms with Crippen molar-refractivity contribution in [1.82, 2.24) is 9.97 Å². The van der Waals surface area contributed by atoms with Crippen molar-refractivity contribution in [3.05, 3.63) is 77.6 Å². The topological polar surface area (TPSA) is 41.1 Å². The molecule has 4 nitrogen and oxygen atoms in total. The Morgan fingerprint density at radius 3 is 2.65 bits per heavy atom. The predicted octanol–water partition coefficient (Wildman–Crippen LogP) is 4.52. The average molecular weight is 344 g/mol. The second kappa shape index (κ2) is 7.16. The van der Waals surface area contributed by atoms with E-state index >= 15 is 0 Å². The minimum atomic E-state index is 0.402. The normalized spacial score (nSPS) is 15.8. The lowest BCUT2D eigenvalue weighted by molar-refractivity contribution is 0.747. The lowest BCUT2D eigenvalue weighted by Crippen LogP contribution is -2.25. The van der Waals surface area contributed by atoms with Gasteiger partial charge in [-0.15, -0.1) is 0 Å². The first-order valence-corrected chi connectivity index (χ1v) is 9.21. The number of hydrogen-bond acceptors (Lipinski definition) is 4. The number of fused-ring (bicyclic) bond motifs is 1. The van der Waals surface area contributed by atoms with Gasteiger partial charge in [-0.2, -0.15) is 0 Å². The van der Waals surface area contributed by atoms with Crippen LogP contribution in [0.3, 0.4) is 0 Å². The van der Waals surface area contributed by atoms with E-state index in [1.807, 2.05) is 13.0 Å². The van der Waals surface area contributed by atoms with Gasteiger partial charge in [0.15, 0.2) is 0 Å². The molecule has 0 fully saturated rings. The Balaban J connectivity index is 1.53. The summed E-state index contributed by atoms with van der Waals surface area (Å²) < 4.78 is 0. The Bertz CT molecular complexity index is 892. The molecule has 0 aliphatic carbocycles. The van der Waals surface area contributed by atoms with Crippen molar-refractivity contribution in [2.24, 2.45) is 0 Å². The van der Waals surface area contributed by atoms with Crippen LogP contribution < -0.4 is 10.2 Å². The third-order valence-corrected chi connectivity index (χ3v) is 4.84. The number of rotatable bonds is 5. The van der Waals surface area contributed by atoms with Crippen LogP contribution in [-0.4, -0.2) is 22.6 Å². The molecule has 2 aromatic carbocycles. The predicted molar refractivity (Wildman–Crippen MR) is 107 cm³/mol. The molecule has 0 bridgehead atoms. The Morgan fingerprint density at radius 1 is 1.04 bits per heavy atom. The van der Waals surface area contributed by atoms with E-state index in [-0.39, 0.29) is 0 Å². The standard InChI is InChI=1S/C22H24N4/c1-16-14-19-10-6-7-11-20(19)26(16)22-15-21(24-17(2)25-22)23-13-12-18-8-4-3-5-9-18/h3-11,15-16H,12-14H2,1-2H3,(H,23,24,25). The van der Waals surface area contributed by atoms with Gasteiger partial charge in [0, 0.05) is 24.3 Å². The zero-order chi connectivity index (χ0) is 17.9. The molecule has 1 aromatic heterocycles. The Morgan fingerprint density at radius 2 is 1.81 bits per heavy atom. The number of nitrogens with one attached hydrogen (secondary N) is 1. The van der Waals surface area contributed by atoms with Gasteiger partial charge >= 0.3 is 0 Å². The van der Waals surface area contributed by atoms with Gasteiger partial charge in [0.05, 0.1) is 0 Å². The molecule has 1 N–H and O–H groups in total. The van der Waals surface area contributed by atoms with Crippen molar-refractivity contribution in [3.63, 3.8) is 0 Å². The molecule has 4 rings (SSSR count). The van der Waals surface area contributed by atoms with Crippen molar-refractivity contribution in [2.45, 2.75) is 32.7 Å². The van der Waals surface area contributed by atoms with E-state index in [4.69, 9.17) is 4.98 Å². The minimum Gasteiger partial charge on any atom is -0.370 e. The summed E-state index contributed by atoms with van der Waals surface area (Å²) in [5, 5.41) is 3.46. The maximum Gasteiger partial charge on any atom is 0.139 e. The molecule has 0 saturated carbocycles. The number of aryl methyl sites for hydroxylation is 1. The van der Waals surface area contributed by atoms with Crippen LogP contribution in [0.25, 0.3) is 0 Å². The van der Waals surface area contributed by atoms with Crippen molar-refractivity contribution < 1.29 is 0 Å². The molecular formula is C22H24N4. The summed E-state index contributed by atoms with van der Waals surface area (Å²) in [7, 11) is 0. The van der Waals surface area contributed by atoms with Gasteiger partial charge in [-0.05, 0) is 43.9 Å². The summed E-state index contributed by atoms with van der Waals surface area (Å²) in [6, 6.07) is 21.6. The first-order valence-electron chi connectivity index (χ1n) is 9.21. The fourth-order valence-electron chi connectivity index (χ4n) is 3.66. The van der Waals surface area contributed by atoms with Crippen LogP contribution in [0, 0.1) is 6.92 Å². The largest absolute Gasteiger partial charge is 0.370 e. The van der Waals surface area contributed by atoms with Gasteiger partial charge in [0.2, 0.25) is 0 Å². The molecule has 1 unspecified atom stereocenters. The van der Waals surface area contributed by atoms with Crippen LogP contribution in [0.4, 0.5) is 17.3 Å². The molecule has 0 saturated heterocycles. The highest BCUT2D eigenvalue weighted by molar-refractivity contribution is 5.70. The van der Waals surface area contributed by atoms with E-state index in [9.17, 15) is 0 Å². The van der Waals surface area contributed by atoms with Crippen LogP contribution in [0.15, 0.2) is 60.7 Å². The van der Waals surface area contributed by atoms with E-state index in [2.05, 4.69) is 76.7 Å². The van der Waals surface area contributed by atoms with Crippen molar-refractivity contribution >= 4 is 17.3 Å². The van der Waals surface area contributed by atoms with Crippen molar-refractivity contribution in [2.75, 3.05) is 16.8 Å². The molecule has 0 amide bonds. The smallest absolute Gasteiger partial charge is 0.139 e. The van der Waals surface area contributed by atoms with Crippen LogP contribution in [0.2, 0.25) is 0 Å². The van der Waals surface area contributed by atoms with Crippen molar-refractivity contribution in [1.29, 1.82) is 0 Å². The van der Waals surface area contributed by atoms with E-state index in [1.54, 1.807) is 0 Å². The van der Waals surface area contributed by atoms with E-state index in [0.29, 0.717) is 6.04 Å². The maximum absolute atomic E-state index is 4.71. The fraction of sp³-hybridized carbons (Fsp3) is 0.273. The summed E-state index contributed by atoms with van der Waals surface area (Å²) >= 11 is 0. The summed E-state index contributed by atoms with van der Waals surface area (Å²) in [6.07, 6.45) is 2.03. The molecule has 26 heavy (non-hydrogen) atoms. The zero-order valence-electron chi connectivity index (χ0n) is 15.3. The SMILES string of the molecule is Cc1nc(NCCc2ccccc2)cc(N2c3ccccc3CC2C)n1. The maximum atomic E-state index is 4.71. The molecule has 0 spiro atoms. The molecule has 3 aromatic rings. The number of para-hydroxylation sites is 1. The van der Waals surface area contributed by atoms with Crippen molar-refractivity contribution in [3.8, 4) is 0 Å². The zero-order valence-corrected chi connectivity index (χ0v) is 15.3. The highest BCUT2D eigenvalue weighted by Crippen LogP contribution is 2.37. The van der Waals surface area contributed by atoms with E-state index in [0.717, 1.165) is 36.8 Å². The number of aromatic nitrogens is 2. The van der Waals surface area contributed by atoms with Crippen LogP contribution >= 0.6 is 0 Å². The molecule has 1 atom stereocenters. The van der Waals surface area contributed by atoms with Gasteiger partial charge in [-0.25, -0.2) is 9.97 Å². The third-order valence-electron chi connectivity index (χ3n) is 4.84. The third kappa shape index (κ3) is 3.40. The second-order valence-electron chi connectivity index (χ2n) is 6.87. The first-order chi connectivity index (χ1) is 12.7. The number of anilines is 3. The quantitative estimate of drug-likeness (QED) is 0.739. The van der Waals surface area contributed by atoms with Crippen LogP contribution in [0.1, 0.15) is 23.9 Å². The van der Waals surface area contributed by atoms with Gasteiger partial charge in [0.25, 0.3) is 0 Å². The molecule has 1 aliphatic heterocycles. The average Bonchev–Trinajstić information content (AvgIpc) is 2.98. The summed E-state index contributed by atoms with van der Waals surface area (Å²) in [6.45, 7) is 5.06. The Hall–Kier alpha value is -2.88. The van der Waals surface area contributed by atoms with E-state index < -0.39 is 0 Å².